The number of nitrogens with zero attached hydrogens (tertiary/aromatic N) is 4. The summed E-state index contributed by atoms with van der Waals surface area (Å²) >= 11 is 0. The Morgan fingerprint density at radius 3 is 3.00 bits per heavy atom. The number of hydrogen-bond donors (Lipinski definition) is 2. The minimum Gasteiger partial charge on any atom is -0.354 e. The van der Waals surface area contributed by atoms with Gasteiger partial charge >= 0.3 is 0 Å². The van der Waals surface area contributed by atoms with E-state index in [0.717, 1.165) is 38.9 Å². The molecule has 0 radical (unpaired) electrons. The van der Waals surface area contributed by atoms with E-state index in [4.69, 9.17) is 0 Å². The zero-order valence-corrected chi connectivity index (χ0v) is 15.2. The highest BCUT2D eigenvalue weighted by Crippen LogP contribution is 2.27. The van der Waals surface area contributed by atoms with Gasteiger partial charge in [-0.1, -0.05) is 0 Å². The van der Waals surface area contributed by atoms with Crippen molar-refractivity contribution < 1.29 is 8.42 Å². The van der Waals surface area contributed by atoms with Crippen molar-refractivity contribution in [3.8, 4) is 0 Å². The predicted molar refractivity (Wildman–Crippen MR) is 95.3 cm³/mol. The highest BCUT2D eigenvalue weighted by Gasteiger charge is 2.25. The van der Waals surface area contributed by atoms with E-state index in [1.807, 2.05) is 16.9 Å². The monoisotopic (exact) mass is 364 g/mol. The molecule has 1 aliphatic rings. The molecule has 0 amide bonds. The smallest absolute Gasteiger partial charge is 0.222 e. The number of nitrogens with one attached hydrogen (secondary N) is 2. The zero-order valence-electron chi connectivity index (χ0n) is 14.4. The molecule has 2 N–H and O–H groups in total. The molecule has 3 rings (SSSR count). The quantitative estimate of drug-likeness (QED) is 0.708. The first kappa shape index (κ1) is 17.8. The van der Waals surface area contributed by atoms with Crippen LogP contribution in [-0.2, 0) is 16.4 Å². The number of hydrogen-bond acceptors (Lipinski definition) is 7. The summed E-state index contributed by atoms with van der Waals surface area (Å²) in [5, 5.41) is 10.7. The van der Waals surface area contributed by atoms with Gasteiger partial charge in [-0.15, -0.1) is 0 Å². The molecule has 0 aromatic carbocycles. The fourth-order valence-electron chi connectivity index (χ4n) is 3.01. The molecule has 136 valence electrons. The van der Waals surface area contributed by atoms with Crippen LogP contribution in [0.25, 0.3) is 0 Å². The Hall–Kier alpha value is -2.00. The summed E-state index contributed by atoms with van der Waals surface area (Å²) in [6.45, 7) is 3.22. The maximum Gasteiger partial charge on any atom is 0.222 e. The first-order chi connectivity index (χ1) is 12.0. The number of anilines is 1. The van der Waals surface area contributed by atoms with Crippen molar-refractivity contribution in [1.29, 1.82) is 0 Å². The predicted octanol–water partition coefficient (Wildman–Crippen LogP) is 1.05. The molecule has 0 bridgehead atoms. The lowest BCUT2D eigenvalue weighted by Gasteiger charge is -2.24. The van der Waals surface area contributed by atoms with Gasteiger partial charge in [0.2, 0.25) is 5.95 Å². The molecule has 1 saturated heterocycles. The Balaban J connectivity index is 1.69. The molecular weight excluding hydrogens is 340 g/mol. The first-order valence-electron chi connectivity index (χ1n) is 8.53. The number of rotatable bonds is 7. The molecule has 1 atom stereocenters. The van der Waals surface area contributed by atoms with E-state index >= 15 is 0 Å². The SMILES string of the molecule is CS(=O)(=O)c1cnc(NCCCn2cccn2)nc1[C@@H]1CCCNC1. The third-order valence-corrected chi connectivity index (χ3v) is 5.39. The Morgan fingerprint density at radius 1 is 1.44 bits per heavy atom. The van der Waals surface area contributed by atoms with Gasteiger partial charge in [0.05, 0.1) is 11.9 Å². The summed E-state index contributed by atoms with van der Waals surface area (Å²) in [5.74, 6) is 0.583. The standard InChI is InChI=1S/C16H24N6O2S/c1-25(23,24)14-12-19-16(18-7-3-9-22-10-4-8-20-22)21-15(14)13-5-2-6-17-11-13/h4,8,10,12-13,17H,2-3,5-7,9,11H2,1H3,(H,18,19,21)/t13-/m1/s1. The molecule has 0 aliphatic carbocycles. The van der Waals surface area contributed by atoms with E-state index in [-0.39, 0.29) is 10.8 Å². The second-order valence-corrected chi connectivity index (χ2v) is 8.29. The fourth-order valence-corrected chi connectivity index (χ4v) is 3.84. The van der Waals surface area contributed by atoms with Crippen molar-refractivity contribution >= 4 is 15.8 Å². The molecule has 0 unspecified atom stereocenters. The van der Waals surface area contributed by atoms with Gasteiger partial charge in [0, 0.05) is 44.2 Å². The summed E-state index contributed by atoms with van der Waals surface area (Å²) in [7, 11) is -3.35. The largest absolute Gasteiger partial charge is 0.354 e. The van der Waals surface area contributed by atoms with E-state index in [0.29, 0.717) is 18.2 Å². The van der Waals surface area contributed by atoms with Crippen LogP contribution in [0.4, 0.5) is 5.95 Å². The summed E-state index contributed by atoms with van der Waals surface area (Å²) in [6.07, 6.45) is 9.15. The molecule has 0 saturated carbocycles. The van der Waals surface area contributed by atoms with Crippen molar-refractivity contribution in [2.24, 2.45) is 0 Å². The molecule has 3 heterocycles. The second kappa shape index (κ2) is 7.92. The molecule has 25 heavy (non-hydrogen) atoms. The van der Waals surface area contributed by atoms with Crippen LogP contribution in [0.3, 0.4) is 0 Å². The van der Waals surface area contributed by atoms with Crippen molar-refractivity contribution in [1.82, 2.24) is 25.1 Å². The minimum absolute atomic E-state index is 0.103. The highest BCUT2D eigenvalue weighted by molar-refractivity contribution is 7.90. The Labute approximate surface area is 148 Å². The fraction of sp³-hybridized carbons (Fsp3) is 0.562. The van der Waals surface area contributed by atoms with Crippen LogP contribution in [0.5, 0.6) is 0 Å². The van der Waals surface area contributed by atoms with Gasteiger partial charge in [0.25, 0.3) is 0 Å². The van der Waals surface area contributed by atoms with Gasteiger partial charge < -0.3 is 10.6 Å². The van der Waals surface area contributed by atoms with Gasteiger partial charge in [-0.2, -0.15) is 5.10 Å². The normalized spacial score (nSPS) is 18.2. The highest BCUT2D eigenvalue weighted by atomic mass is 32.2. The molecule has 2 aromatic rings. The number of aromatic nitrogens is 4. The van der Waals surface area contributed by atoms with E-state index in [1.54, 1.807) is 6.20 Å². The summed E-state index contributed by atoms with van der Waals surface area (Å²) in [5.41, 5.74) is 0.624. The Morgan fingerprint density at radius 2 is 2.32 bits per heavy atom. The van der Waals surface area contributed by atoms with E-state index in [9.17, 15) is 8.42 Å². The second-order valence-electron chi connectivity index (χ2n) is 6.31. The summed E-state index contributed by atoms with van der Waals surface area (Å²) in [6, 6.07) is 1.89. The molecule has 8 nitrogen and oxygen atoms in total. The van der Waals surface area contributed by atoms with Crippen LogP contribution in [0, 0.1) is 0 Å². The molecule has 1 aliphatic heterocycles. The zero-order chi connectivity index (χ0) is 17.7. The average molecular weight is 364 g/mol. The maximum absolute atomic E-state index is 12.1. The van der Waals surface area contributed by atoms with E-state index in [1.165, 1.54) is 12.5 Å². The van der Waals surface area contributed by atoms with E-state index < -0.39 is 9.84 Å². The van der Waals surface area contributed by atoms with Gasteiger partial charge in [0.1, 0.15) is 4.90 Å². The molecule has 9 heteroatoms. The Kier molecular flexibility index (Phi) is 5.64. The lowest BCUT2D eigenvalue weighted by Crippen LogP contribution is -2.30. The minimum atomic E-state index is -3.35. The summed E-state index contributed by atoms with van der Waals surface area (Å²) in [4.78, 5) is 8.96. The van der Waals surface area contributed by atoms with Crippen molar-refractivity contribution in [3.63, 3.8) is 0 Å². The molecular formula is C16H24N6O2S. The Bertz CT molecular complexity index is 785. The van der Waals surface area contributed by atoms with Crippen LogP contribution >= 0.6 is 0 Å². The maximum atomic E-state index is 12.1. The van der Waals surface area contributed by atoms with Crippen LogP contribution < -0.4 is 10.6 Å². The lowest BCUT2D eigenvalue weighted by atomic mass is 9.96. The van der Waals surface area contributed by atoms with Crippen LogP contribution in [0.15, 0.2) is 29.6 Å². The first-order valence-corrected chi connectivity index (χ1v) is 10.4. The van der Waals surface area contributed by atoms with Crippen LogP contribution in [0.2, 0.25) is 0 Å². The van der Waals surface area contributed by atoms with Gasteiger partial charge in [-0.3, -0.25) is 4.68 Å². The van der Waals surface area contributed by atoms with Gasteiger partial charge in [0.15, 0.2) is 9.84 Å². The van der Waals surface area contributed by atoms with Crippen molar-refractivity contribution in [3.05, 3.63) is 30.4 Å². The van der Waals surface area contributed by atoms with Gasteiger partial charge in [-0.05, 0) is 31.9 Å². The average Bonchev–Trinajstić information content (AvgIpc) is 3.12. The third kappa shape index (κ3) is 4.76. The topological polar surface area (TPSA) is 102 Å². The third-order valence-electron chi connectivity index (χ3n) is 4.27. The lowest BCUT2D eigenvalue weighted by molar-refractivity contribution is 0.448. The number of piperidine rings is 1. The number of aryl methyl sites for hydroxylation is 1. The van der Waals surface area contributed by atoms with Crippen molar-refractivity contribution in [2.75, 3.05) is 31.2 Å². The van der Waals surface area contributed by atoms with Gasteiger partial charge in [-0.25, -0.2) is 18.4 Å². The van der Waals surface area contributed by atoms with Crippen LogP contribution in [0.1, 0.15) is 30.9 Å². The molecule has 2 aromatic heterocycles. The number of sulfone groups is 1. The van der Waals surface area contributed by atoms with E-state index in [2.05, 4.69) is 25.7 Å². The van der Waals surface area contributed by atoms with Crippen molar-refractivity contribution in [2.45, 2.75) is 36.6 Å². The van der Waals surface area contributed by atoms with Crippen LogP contribution in [-0.4, -0.2) is 54.1 Å². The molecule has 1 fully saturated rings. The molecule has 0 spiro atoms. The summed E-state index contributed by atoms with van der Waals surface area (Å²) < 4.78 is 26.0.